The molecular weight excluding hydrogens is 142 g/mol. The SMILES string of the molecule is CC(C)CCC(N)CCS. The fourth-order valence-electron chi connectivity index (χ4n) is 0.858. The highest BCUT2D eigenvalue weighted by molar-refractivity contribution is 7.80. The molecule has 0 aliphatic carbocycles. The molecule has 0 spiro atoms. The molecule has 0 heterocycles. The molecule has 0 amide bonds. The molecule has 2 heteroatoms. The molecule has 10 heavy (non-hydrogen) atoms. The third-order valence-electron chi connectivity index (χ3n) is 1.61. The molecule has 0 saturated carbocycles. The predicted molar refractivity (Wildman–Crippen MR) is 50.5 cm³/mol. The normalized spacial score (nSPS) is 14.1. The lowest BCUT2D eigenvalue weighted by Crippen LogP contribution is -2.20. The quantitative estimate of drug-likeness (QED) is 0.593. The van der Waals surface area contributed by atoms with Crippen molar-refractivity contribution in [1.82, 2.24) is 0 Å². The second-order valence-corrected chi connectivity index (χ2v) is 3.69. The summed E-state index contributed by atoms with van der Waals surface area (Å²) in [5.41, 5.74) is 5.78. The lowest BCUT2D eigenvalue weighted by atomic mass is 10.0. The van der Waals surface area contributed by atoms with Gasteiger partial charge in [-0.25, -0.2) is 0 Å². The van der Waals surface area contributed by atoms with Crippen molar-refractivity contribution in [3.63, 3.8) is 0 Å². The minimum absolute atomic E-state index is 0.375. The van der Waals surface area contributed by atoms with Gasteiger partial charge in [0.15, 0.2) is 0 Å². The van der Waals surface area contributed by atoms with Crippen molar-refractivity contribution in [3.05, 3.63) is 0 Å². The lowest BCUT2D eigenvalue weighted by Gasteiger charge is -2.10. The Bertz CT molecular complexity index is 73.7. The number of nitrogens with two attached hydrogens (primary N) is 1. The summed E-state index contributed by atoms with van der Waals surface area (Å²) in [6, 6.07) is 0.375. The first-order valence-electron chi connectivity index (χ1n) is 4.03. The van der Waals surface area contributed by atoms with E-state index in [2.05, 4.69) is 26.5 Å². The van der Waals surface area contributed by atoms with Crippen LogP contribution in [-0.2, 0) is 0 Å². The summed E-state index contributed by atoms with van der Waals surface area (Å²) in [5.74, 6) is 1.70. The van der Waals surface area contributed by atoms with E-state index in [1.165, 1.54) is 6.42 Å². The third kappa shape index (κ3) is 6.43. The van der Waals surface area contributed by atoms with Crippen LogP contribution in [0.4, 0.5) is 0 Å². The van der Waals surface area contributed by atoms with Crippen LogP contribution in [0.25, 0.3) is 0 Å². The van der Waals surface area contributed by atoms with Crippen LogP contribution >= 0.6 is 12.6 Å². The highest BCUT2D eigenvalue weighted by atomic mass is 32.1. The Morgan fingerprint density at radius 2 is 1.80 bits per heavy atom. The smallest absolute Gasteiger partial charge is 0.00466 e. The van der Waals surface area contributed by atoms with Gasteiger partial charge in [-0.3, -0.25) is 0 Å². The van der Waals surface area contributed by atoms with Gasteiger partial charge in [-0.15, -0.1) is 0 Å². The molecule has 62 valence electrons. The monoisotopic (exact) mass is 161 g/mol. The summed E-state index contributed by atoms with van der Waals surface area (Å²) >= 11 is 4.12. The largest absolute Gasteiger partial charge is 0.328 e. The van der Waals surface area contributed by atoms with Gasteiger partial charge in [0, 0.05) is 6.04 Å². The summed E-state index contributed by atoms with van der Waals surface area (Å²) in [7, 11) is 0. The number of hydrogen-bond donors (Lipinski definition) is 2. The van der Waals surface area contributed by atoms with Crippen molar-refractivity contribution in [1.29, 1.82) is 0 Å². The molecule has 0 saturated heterocycles. The van der Waals surface area contributed by atoms with Crippen LogP contribution in [-0.4, -0.2) is 11.8 Å². The Hall–Kier alpha value is 0.310. The molecule has 2 N–H and O–H groups in total. The molecule has 0 aliphatic heterocycles. The minimum atomic E-state index is 0.375. The fraction of sp³-hybridized carbons (Fsp3) is 1.00. The van der Waals surface area contributed by atoms with E-state index in [1.54, 1.807) is 0 Å². The summed E-state index contributed by atoms with van der Waals surface area (Å²) in [6.07, 6.45) is 3.45. The van der Waals surface area contributed by atoms with Crippen molar-refractivity contribution in [2.24, 2.45) is 11.7 Å². The maximum atomic E-state index is 5.78. The molecule has 1 unspecified atom stereocenters. The number of rotatable bonds is 5. The van der Waals surface area contributed by atoms with Gasteiger partial charge < -0.3 is 5.73 Å². The first kappa shape index (κ1) is 10.3. The van der Waals surface area contributed by atoms with Crippen molar-refractivity contribution >= 4 is 12.6 Å². The van der Waals surface area contributed by atoms with E-state index in [9.17, 15) is 0 Å². The Morgan fingerprint density at radius 3 is 2.20 bits per heavy atom. The zero-order valence-corrected chi connectivity index (χ0v) is 7.90. The van der Waals surface area contributed by atoms with Crippen molar-refractivity contribution in [2.45, 2.75) is 39.2 Å². The van der Waals surface area contributed by atoms with Gasteiger partial charge in [0.2, 0.25) is 0 Å². The van der Waals surface area contributed by atoms with E-state index in [4.69, 9.17) is 5.73 Å². The third-order valence-corrected chi connectivity index (χ3v) is 1.87. The molecule has 0 aromatic heterocycles. The molecule has 0 rings (SSSR count). The van der Waals surface area contributed by atoms with Crippen LogP contribution in [0.15, 0.2) is 0 Å². The van der Waals surface area contributed by atoms with E-state index in [-0.39, 0.29) is 0 Å². The second kappa shape index (κ2) is 6.05. The van der Waals surface area contributed by atoms with Crippen LogP contribution in [0, 0.1) is 5.92 Å². The van der Waals surface area contributed by atoms with Gasteiger partial charge in [-0.1, -0.05) is 13.8 Å². The standard InChI is InChI=1S/C8H19NS/c1-7(2)3-4-8(9)5-6-10/h7-8,10H,3-6,9H2,1-2H3. The molecule has 1 nitrogen and oxygen atoms in total. The van der Waals surface area contributed by atoms with Gasteiger partial charge in [0.05, 0.1) is 0 Å². The van der Waals surface area contributed by atoms with Gasteiger partial charge in [0.1, 0.15) is 0 Å². The summed E-state index contributed by atoms with van der Waals surface area (Å²) < 4.78 is 0. The number of hydrogen-bond acceptors (Lipinski definition) is 2. The fourth-order valence-corrected chi connectivity index (χ4v) is 1.19. The first-order chi connectivity index (χ1) is 4.66. The molecule has 0 aromatic rings. The van der Waals surface area contributed by atoms with Gasteiger partial charge in [-0.05, 0) is 30.9 Å². The highest BCUT2D eigenvalue weighted by Gasteiger charge is 2.01. The van der Waals surface area contributed by atoms with Crippen LogP contribution in [0.5, 0.6) is 0 Å². The van der Waals surface area contributed by atoms with Gasteiger partial charge in [0.25, 0.3) is 0 Å². The van der Waals surface area contributed by atoms with Crippen molar-refractivity contribution in [2.75, 3.05) is 5.75 Å². The minimum Gasteiger partial charge on any atom is -0.328 e. The highest BCUT2D eigenvalue weighted by Crippen LogP contribution is 2.07. The van der Waals surface area contributed by atoms with Crippen molar-refractivity contribution < 1.29 is 0 Å². The topological polar surface area (TPSA) is 26.0 Å². The maximum Gasteiger partial charge on any atom is 0.00466 e. The number of thiol groups is 1. The molecule has 0 aliphatic rings. The average Bonchev–Trinajstić information content (AvgIpc) is 1.85. The van der Waals surface area contributed by atoms with Gasteiger partial charge in [-0.2, -0.15) is 12.6 Å². The first-order valence-corrected chi connectivity index (χ1v) is 4.66. The summed E-state index contributed by atoms with van der Waals surface area (Å²) in [4.78, 5) is 0. The molecule has 0 radical (unpaired) electrons. The zero-order valence-electron chi connectivity index (χ0n) is 7.01. The molecule has 0 aromatic carbocycles. The summed E-state index contributed by atoms with van der Waals surface area (Å²) in [5, 5.41) is 0. The average molecular weight is 161 g/mol. The lowest BCUT2D eigenvalue weighted by molar-refractivity contribution is 0.491. The van der Waals surface area contributed by atoms with Crippen LogP contribution < -0.4 is 5.73 Å². The van der Waals surface area contributed by atoms with E-state index >= 15 is 0 Å². The maximum absolute atomic E-state index is 5.78. The summed E-state index contributed by atoms with van der Waals surface area (Å²) in [6.45, 7) is 4.46. The van der Waals surface area contributed by atoms with Crippen molar-refractivity contribution in [3.8, 4) is 0 Å². The molecule has 0 fully saturated rings. The molecular formula is C8H19NS. The van der Waals surface area contributed by atoms with Gasteiger partial charge >= 0.3 is 0 Å². The van der Waals surface area contributed by atoms with E-state index in [0.29, 0.717) is 6.04 Å². The van der Waals surface area contributed by atoms with Crippen LogP contribution in [0.2, 0.25) is 0 Å². The zero-order chi connectivity index (χ0) is 7.98. The molecule has 1 atom stereocenters. The Balaban J connectivity index is 3.12. The van der Waals surface area contributed by atoms with Crippen LogP contribution in [0.3, 0.4) is 0 Å². The van der Waals surface area contributed by atoms with E-state index in [0.717, 1.165) is 24.5 Å². The predicted octanol–water partition coefficient (Wildman–Crippen LogP) is 2.07. The van der Waals surface area contributed by atoms with E-state index < -0.39 is 0 Å². The second-order valence-electron chi connectivity index (χ2n) is 3.24. The van der Waals surface area contributed by atoms with Crippen LogP contribution in [0.1, 0.15) is 33.1 Å². The molecule has 0 bridgehead atoms. The Labute approximate surface area is 69.8 Å². The van der Waals surface area contributed by atoms with E-state index in [1.807, 2.05) is 0 Å². The Morgan fingerprint density at radius 1 is 1.20 bits per heavy atom. The Kier molecular flexibility index (Phi) is 6.24.